The van der Waals surface area contributed by atoms with Crippen LogP contribution < -0.4 is 0 Å². The van der Waals surface area contributed by atoms with Crippen molar-refractivity contribution in [1.82, 2.24) is 4.90 Å². The van der Waals surface area contributed by atoms with Crippen LogP contribution in [0.5, 0.6) is 0 Å². The van der Waals surface area contributed by atoms with Crippen LogP contribution in [-0.4, -0.2) is 18.0 Å². The molecule has 0 bridgehead atoms. The number of likely N-dealkylation sites (tertiary alicyclic amines) is 1. The molecule has 0 spiro atoms. The van der Waals surface area contributed by atoms with Gasteiger partial charge < -0.3 is 0 Å². The van der Waals surface area contributed by atoms with Crippen molar-refractivity contribution >= 4 is 0 Å². The molecule has 2 fully saturated rings. The van der Waals surface area contributed by atoms with Crippen LogP contribution in [0.2, 0.25) is 0 Å². The molecular weight excluding hydrogens is 302 g/mol. The molecule has 4 rings (SSSR count). The van der Waals surface area contributed by atoms with E-state index in [2.05, 4.69) is 54.8 Å². The molecule has 1 aliphatic heterocycles. The molecule has 1 atom stereocenters. The van der Waals surface area contributed by atoms with E-state index in [1.807, 2.05) is 37.3 Å². The molecule has 0 aromatic heterocycles. The number of rotatable bonds is 2. The summed E-state index contributed by atoms with van der Waals surface area (Å²) in [6, 6.07) is 11.4. The van der Waals surface area contributed by atoms with Gasteiger partial charge in [-0.05, 0) is 62.9 Å². The van der Waals surface area contributed by atoms with Gasteiger partial charge in [-0.1, -0.05) is 74.4 Å². The first-order valence-electron chi connectivity index (χ1n) is 9.72. The van der Waals surface area contributed by atoms with Crippen LogP contribution in [0.25, 0.3) is 0 Å². The van der Waals surface area contributed by atoms with Crippen LogP contribution in [-0.2, 0) is 0 Å². The fourth-order valence-electron chi connectivity index (χ4n) is 2.79. The zero-order valence-electron chi connectivity index (χ0n) is 16.1. The Morgan fingerprint density at radius 1 is 1.00 bits per heavy atom. The first-order chi connectivity index (χ1) is 12.2. The lowest BCUT2D eigenvalue weighted by molar-refractivity contribution is 0.263. The fraction of sp³-hybridized carbons (Fsp3) is 0.458. The maximum atomic E-state index is 3.06. The van der Waals surface area contributed by atoms with E-state index in [1.54, 1.807) is 0 Å². The standard InChI is InChI=1S/C12H17N.C8H8.C4H8/c1-11(13-9-5-6-10-13)12-7-3-2-4-8-12;1-8-6-4-2-3-5-7-8;1-4-2-3-4/h2-4,7-8,11H,5-6,9-10H2,1H3;2-6H,1H3;4H,2-3H2,1H3. The molecule has 1 saturated carbocycles. The van der Waals surface area contributed by atoms with E-state index in [1.165, 1.54) is 49.9 Å². The van der Waals surface area contributed by atoms with E-state index in [-0.39, 0.29) is 0 Å². The lowest BCUT2D eigenvalue weighted by Crippen LogP contribution is -2.22. The SMILES string of the molecule is CC(c1ccccc1)N1CCCC1.CC1=C=CC=CC=C1.CC1CC1. The first kappa shape index (κ1) is 19.5. The second-order valence-corrected chi connectivity index (χ2v) is 7.25. The molecule has 3 aliphatic rings. The van der Waals surface area contributed by atoms with Crippen molar-refractivity contribution in [3.05, 3.63) is 77.6 Å². The number of hydrogen-bond donors (Lipinski definition) is 0. The molecule has 1 saturated heterocycles. The molecule has 1 heterocycles. The first-order valence-corrected chi connectivity index (χ1v) is 9.72. The summed E-state index contributed by atoms with van der Waals surface area (Å²) in [5.74, 6) is 1.08. The Hall–Kier alpha value is -1.82. The average molecular weight is 336 g/mol. The van der Waals surface area contributed by atoms with Gasteiger partial charge in [-0.15, -0.1) is 5.73 Å². The zero-order valence-corrected chi connectivity index (χ0v) is 16.1. The highest BCUT2D eigenvalue weighted by Crippen LogP contribution is 2.26. The van der Waals surface area contributed by atoms with Gasteiger partial charge in [0.1, 0.15) is 0 Å². The summed E-state index contributed by atoms with van der Waals surface area (Å²) in [6.45, 7) is 9.16. The molecule has 2 aliphatic carbocycles. The second kappa shape index (κ2) is 10.9. The van der Waals surface area contributed by atoms with Gasteiger partial charge in [-0.2, -0.15) is 0 Å². The Kier molecular flexibility index (Phi) is 8.52. The van der Waals surface area contributed by atoms with Crippen LogP contribution in [0.4, 0.5) is 0 Å². The quantitative estimate of drug-likeness (QED) is 0.560. The largest absolute Gasteiger partial charge is 0.297 e. The summed E-state index contributed by atoms with van der Waals surface area (Å²) >= 11 is 0. The molecule has 0 N–H and O–H groups in total. The molecule has 0 radical (unpaired) electrons. The highest BCUT2D eigenvalue weighted by Gasteiger charge is 2.18. The lowest BCUT2D eigenvalue weighted by Gasteiger charge is -2.23. The topological polar surface area (TPSA) is 3.24 Å². The Bertz CT molecular complexity index is 607. The number of nitrogens with zero attached hydrogens (tertiary/aromatic N) is 1. The second-order valence-electron chi connectivity index (χ2n) is 7.25. The van der Waals surface area contributed by atoms with Crippen molar-refractivity contribution in [3.63, 3.8) is 0 Å². The summed E-state index contributed by atoms with van der Waals surface area (Å²) < 4.78 is 0. The van der Waals surface area contributed by atoms with Gasteiger partial charge >= 0.3 is 0 Å². The van der Waals surface area contributed by atoms with Crippen molar-refractivity contribution in [3.8, 4) is 0 Å². The minimum absolute atomic E-state index is 0.601. The van der Waals surface area contributed by atoms with E-state index in [0.29, 0.717) is 6.04 Å². The molecule has 1 unspecified atom stereocenters. The van der Waals surface area contributed by atoms with E-state index in [9.17, 15) is 0 Å². The molecule has 0 amide bonds. The number of benzene rings is 1. The molecule has 1 heteroatoms. The lowest BCUT2D eigenvalue weighted by atomic mass is 10.1. The van der Waals surface area contributed by atoms with Crippen LogP contribution in [0.1, 0.15) is 58.1 Å². The van der Waals surface area contributed by atoms with E-state index < -0.39 is 0 Å². The minimum atomic E-state index is 0.601. The predicted octanol–water partition coefficient (Wildman–Crippen LogP) is 6.47. The van der Waals surface area contributed by atoms with Crippen LogP contribution in [0.15, 0.2) is 72.0 Å². The summed E-state index contributed by atoms with van der Waals surface area (Å²) in [6.07, 6.45) is 15.6. The maximum absolute atomic E-state index is 3.06. The van der Waals surface area contributed by atoms with Gasteiger partial charge in [0.05, 0.1) is 0 Å². The van der Waals surface area contributed by atoms with Crippen molar-refractivity contribution in [2.24, 2.45) is 5.92 Å². The third-order valence-electron chi connectivity index (χ3n) is 4.81. The molecule has 25 heavy (non-hydrogen) atoms. The molecule has 1 nitrogen and oxygen atoms in total. The van der Waals surface area contributed by atoms with Crippen molar-refractivity contribution in [2.45, 2.75) is 52.5 Å². The summed E-state index contributed by atoms with van der Waals surface area (Å²) in [5.41, 5.74) is 5.69. The summed E-state index contributed by atoms with van der Waals surface area (Å²) in [4.78, 5) is 2.56. The van der Waals surface area contributed by atoms with Gasteiger partial charge in [0, 0.05) is 6.04 Å². The predicted molar refractivity (Wildman–Crippen MR) is 110 cm³/mol. The van der Waals surface area contributed by atoms with Gasteiger partial charge in [-0.3, -0.25) is 4.90 Å². The summed E-state index contributed by atoms with van der Waals surface area (Å²) in [5, 5.41) is 0. The van der Waals surface area contributed by atoms with E-state index >= 15 is 0 Å². The number of hydrogen-bond acceptors (Lipinski definition) is 1. The van der Waals surface area contributed by atoms with Crippen LogP contribution in [0.3, 0.4) is 0 Å². The third kappa shape index (κ3) is 8.20. The molecule has 1 aromatic carbocycles. The Morgan fingerprint density at radius 3 is 2.24 bits per heavy atom. The highest BCUT2D eigenvalue weighted by molar-refractivity contribution is 5.26. The van der Waals surface area contributed by atoms with Gasteiger partial charge in [0.25, 0.3) is 0 Å². The third-order valence-corrected chi connectivity index (χ3v) is 4.81. The van der Waals surface area contributed by atoms with Gasteiger partial charge in [0.15, 0.2) is 0 Å². The Labute approximate surface area is 154 Å². The smallest absolute Gasteiger partial charge is 0.0319 e. The van der Waals surface area contributed by atoms with Crippen molar-refractivity contribution in [2.75, 3.05) is 13.1 Å². The van der Waals surface area contributed by atoms with Crippen LogP contribution >= 0.6 is 0 Å². The molecule has 1 aromatic rings. The zero-order chi connectivity index (χ0) is 17.9. The molecule has 134 valence electrons. The monoisotopic (exact) mass is 335 g/mol. The number of allylic oxidation sites excluding steroid dienone is 5. The normalized spacial score (nSPS) is 19.9. The van der Waals surface area contributed by atoms with Gasteiger partial charge in [0.2, 0.25) is 0 Å². The van der Waals surface area contributed by atoms with Crippen LogP contribution in [0, 0.1) is 5.92 Å². The van der Waals surface area contributed by atoms with E-state index in [0.717, 1.165) is 5.92 Å². The van der Waals surface area contributed by atoms with Gasteiger partial charge in [-0.25, -0.2) is 0 Å². The fourth-order valence-corrected chi connectivity index (χ4v) is 2.79. The van der Waals surface area contributed by atoms with E-state index in [4.69, 9.17) is 0 Å². The Morgan fingerprint density at radius 2 is 1.64 bits per heavy atom. The highest BCUT2D eigenvalue weighted by atomic mass is 15.2. The average Bonchev–Trinajstić information content (AvgIpc) is 3.30. The molecular formula is C24H33N. The Balaban J connectivity index is 0.000000158. The van der Waals surface area contributed by atoms with Crippen molar-refractivity contribution < 1.29 is 0 Å². The van der Waals surface area contributed by atoms with Crippen molar-refractivity contribution in [1.29, 1.82) is 0 Å². The minimum Gasteiger partial charge on any atom is -0.297 e. The summed E-state index contributed by atoms with van der Waals surface area (Å²) in [7, 11) is 0. The maximum Gasteiger partial charge on any atom is 0.0319 e.